The molecule has 0 saturated heterocycles. The first-order valence-corrected chi connectivity index (χ1v) is 10.3. The van der Waals surface area contributed by atoms with E-state index in [1.807, 2.05) is 79.7 Å². The van der Waals surface area contributed by atoms with Crippen LogP contribution in [0.2, 0.25) is 0 Å². The fourth-order valence-electron chi connectivity index (χ4n) is 3.25. The maximum absolute atomic E-state index is 12.7. The Balaban J connectivity index is 1.59. The third-order valence-electron chi connectivity index (χ3n) is 4.79. The summed E-state index contributed by atoms with van der Waals surface area (Å²) in [5.41, 5.74) is 3.50. The number of rotatable bonds is 7. The number of amides is 1. The van der Waals surface area contributed by atoms with Crippen LogP contribution in [0.1, 0.15) is 11.1 Å². The Morgan fingerprint density at radius 2 is 1.90 bits per heavy atom. The van der Waals surface area contributed by atoms with Crippen LogP contribution in [0.4, 0.5) is 5.69 Å². The van der Waals surface area contributed by atoms with E-state index in [-0.39, 0.29) is 11.8 Å². The molecule has 0 saturated carbocycles. The SMILES string of the molecule is Cc1cc(N(Cc2cccc(-n3cncn3)c2)C(=O)CCl)ccc1Oc1ccccc1. The van der Waals surface area contributed by atoms with Gasteiger partial charge < -0.3 is 9.64 Å². The van der Waals surface area contributed by atoms with Crippen molar-refractivity contribution in [2.24, 2.45) is 0 Å². The summed E-state index contributed by atoms with van der Waals surface area (Å²) in [6.07, 6.45) is 3.12. The number of benzene rings is 3. The van der Waals surface area contributed by atoms with E-state index in [9.17, 15) is 4.79 Å². The van der Waals surface area contributed by atoms with E-state index in [4.69, 9.17) is 16.3 Å². The number of carbonyl (C=O) groups excluding carboxylic acids is 1. The first-order chi connectivity index (χ1) is 15.1. The van der Waals surface area contributed by atoms with E-state index >= 15 is 0 Å². The van der Waals surface area contributed by atoms with Crippen LogP contribution in [0, 0.1) is 6.92 Å². The predicted molar refractivity (Wildman–Crippen MR) is 121 cm³/mol. The number of carbonyl (C=O) groups is 1. The quantitative estimate of drug-likeness (QED) is 0.379. The second-order valence-corrected chi connectivity index (χ2v) is 7.26. The zero-order valence-corrected chi connectivity index (χ0v) is 17.7. The van der Waals surface area contributed by atoms with Crippen LogP contribution >= 0.6 is 11.6 Å². The van der Waals surface area contributed by atoms with Gasteiger partial charge in [-0.25, -0.2) is 9.67 Å². The molecule has 0 spiro atoms. The molecule has 1 heterocycles. The van der Waals surface area contributed by atoms with E-state index in [1.165, 1.54) is 6.33 Å². The van der Waals surface area contributed by atoms with Crippen molar-refractivity contribution in [3.8, 4) is 17.2 Å². The lowest BCUT2D eigenvalue weighted by atomic mass is 10.1. The number of ether oxygens (including phenoxy) is 1. The fraction of sp³-hybridized carbons (Fsp3) is 0.125. The summed E-state index contributed by atoms with van der Waals surface area (Å²) in [4.78, 5) is 18.3. The molecule has 1 amide bonds. The highest BCUT2D eigenvalue weighted by molar-refractivity contribution is 6.29. The zero-order valence-electron chi connectivity index (χ0n) is 17.0. The molecule has 0 N–H and O–H groups in total. The number of hydrogen-bond donors (Lipinski definition) is 0. The standard InChI is InChI=1S/C24H21ClN4O2/c1-18-12-20(10-11-23(18)31-22-8-3-2-4-9-22)28(24(30)14-25)15-19-6-5-7-21(13-19)29-17-26-16-27-29/h2-13,16-17H,14-15H2,1H3. The Labute approximate surface area is 185 Å². The lowest BCUT2D eigenvalue weighted by Crippen LogP contribution is -2.31. The molecular weight excluding hydrogens is 412 g/mol. The third-order valence-corrected chi connectivity index (χ3v) is 5.02. The van der Waals surface area contributed by atoms with Gasteiger partial charge in [0.1, 0.15) is 30.0 Å². The number of halogens is 1. The topological polar surface area (TPSA) is 60.2 Å². The Morgan fingerprint density at radius 3 is 2.61 bits per heavy atom. The van der Waals surface area contributed by atoms with Gasteiger partial charge in [-0.1, -0.05) is 30.3 Å². The van der Waals surface area contributed by atoms with Gasteiger partial charge in [0.05, 0.1) is 12.2 Å². The number of nitrogens with zero attached hydrogens (tertiary/aromatic N) is 4. The van der Waals surface area contributed by atoms with Crippen molar-refractivity contribution >= 4 is 23.2 Å². The second-order valence-electron chi connectivity index (χ2n) is 6.99. The highest BCUT2D eigenvalue weighted by Crippen LogP contribution is 2.29. The summed E-state index contributed by atoms with van der Waals surface area (Å²) in [7, 11) is 0. The van der Waals surface area contributed by atoms with E-state index in [1.54, 1.807) is 15.9 Å². The van der Waals surface area contributed by atoms with Crippen molar-refractivity contribution in [2.45, 2.75) is 13.5 Å². The minimum Gasteiger partial charge on any atom is -0.457 e. The first kappa shape index (κ1) is 20.6. The van der Waals surface area contributed by atoms with Crippen molar-refractivity contribution in [3.05, 3.63) is 96.6 Å². The molecule has 0 aliphatic heterocycles. The summed E-state index contributed by atoms with van der Waals surface area (Å²) in [6, 6.07) is 23.1. The lowest BCUT2D eigenvalue weighted by molar-refractivity contribution is -0.116. The predicted octanol–water partition coefficient (Wildman–Crippen LogP) is 5.14. The van der Waals surface area contributed by atoms with Gasteiger partial charge in [0.2, 0.25) is 5.91 Å². The molecule has 3 aromatic carbocycles. The molecular formula is C24H21ClN4O2. The van der Waals surface area contributed by atoms with Crippen LogP contribution < -0.4 is 9.64 Å². The van der Waals surface area contributed by atoms with E-state index in [0.29, 0.717) is 6.54 Å². The molecule has 0 bridgehead atoms. The average molecular weight is 433 g/mol. The number of aromatic nitrogens is 3. The van der Waals surface area contributed by atoms with Crippen LogP contribution in [0.25, 0.3) is 5.69 Å². The van der Waals surface area contributed by atoms with Gasteiger partial charge in [-0.15, -0.1) is 11.6 Å². The molecule has 6 nitrogen and oxygen atoms in total. The van der Waals surface area contributed by atoms with E-state index in [0.717, 1.165) is 34.0 Å². The lowest BCUT2D eigenvalue weighted by Gasteiger charge is -2.23. The van der Waals surface area contributed by atoms with Crippen LogP contribution in [0.5, 0.6) is 11.5 Å². The van der Waals surface area contributed by atoms with Crippen molar-refractivity contribution in [2.75, 3.05) is 10.8 Å². The third kappa shape index (κ3) is 4.92. The van der Waals surface area contributed by atoms with Crippen molar-refractivity contribution < 1.29 is 9.53 Å². The number of aryl methyl sites for hydroxylation is 1. The van der Waals surface area contributed by atoms with E-state index < -0.39 is 0 Å². The molecule has 156 valence electrons. The number of alkyl halides is 1. The average Bonchev–Trinajstić information content (AvgIpc) is 3.34. The zero-order chi connectivity index (χ0) is 21.6. The van der Waals surface area contributed by atoms with Gasteiger partial charge in [-0.2, -0.15) is 5.10 Å². The van der Waals surface area contributed by atoms with Gasteiger partial charge in [0, 0.05) is 5.69 Å². The Kier molecular flexibility index (Phi) is 6.29. The Hall–Kier alpha value is -3.64. The van der Waals surface area contributed by atoms with Crippen LogP contribution in [0.15, 0.2) is 85.5 Å². The second kappa shape index (κ2) is 9.45. The first-order valence-electron chi connectivity index (χ1n) is 9.78. The summed E-state index contributed by atoms with van der Waals surface area (Å²) in [6.45, 7) is 2.34. The van der Waals surface area contributed by atoms with Gasteiger partial charge in [0.25, 0.3) is 0 Å². The molecule has 4 aromatic rings. The number of hydrogen-bond acceptors (Lipinski definition) is 4. The molecule has 0 fully saturated rings. The van der Waals surface area contributed by atoms with Gasteiger partial charge in [-0.05, 0) is 60.5 Å². The highest BCUT2D eigenvalue weighted by atomic mass is 35.5. The van der Waals surface area contributed by atoms with Gasteiger partial charge in [-0.3, -0.25) is 4.79 Å². The molecule has 0 unspecified atom stereocenters. The maximum Gasteiger partial charge on any atom is 0.242 e. The maximum atomic E-state index is 12.7. The summed E-state index contributed by atoms with van der Waals surface area (Å²) in [5, 5.41) is 4.16. The molecule has 0 radical (unpaired) electrons. The minimum atomic E-state index is -0.177. The molecule has 4 rings (SSSR count). The summed E-state index contributed by atoms with van der Waals surface area (Å²) >= 11 is 5.92. The molecule has 0 aliphatic carbocycles. The molecule has 31 heavy (non-hydrogen) atoms. The van der Waals surface area contributed by atoms with Crippen LogP contribution in [0.3, 0.4) is 0 Å². The molecule has 0 atom stereocenters. The Bertz CT molecular complexity index is 1160. The van der Waals surface area contributed by atoms with Gasteiger partial charge in [0.15, 0.2) is 0 Å². The van der Waals surface area contributed by atoms with Crippen LogP contribution in [-0.2, 0) is 11.3 Å². The summed E-state index contributed by atoms with van der Waals surface area (Å²) in [5.74, 6) is 1.21. The number of para-hydroxylation sites is 1. The molecule has 7 heteroatoms. The Morgan fingerprint density at radius 1 is 1.06 bits per heavy atom. The van der Waals surface area contributed by atoms with E-state index in [2.05, 4.69) is 10.1 Å². The summed E-state index contributed by atoms with van der Waals surface area (Å²) < 4.78 is 7.64. The minimum absolute atomic E-state index is 0.107. The molecule has 1 aromatic heterocycles. The largest absolute Gasteiger partial charge is 0.457 e. The van der Waals surface area contributed by atoms with Crippen molar-refractivity contribution in [1.29, 1.82) is 0 Å². The number of anilines is 1. The van der Waals surface area contributed by atoms with Crippen LogP contribution in [-0.4, -0.2) is 26.6 Å². The highest BCUT2D eigenvalue weighted by Gasteiger charge is 2.17. The molecule has 0 aliphatic rings. The fourth-order valence-corrected chi connectivity index (χ4v) is 3.39. The van der Waals surface area contributed by atoms with Crippen molar-refractivity contribution in [3.63, 3.8) is 0 Å². The van der Waals surface area contributed by atoms with Crippen molar-refractivity contribution in [1.82, 2.24) is 14.8 Å². The monoisotopic (exact) mass is 432 g/mol. The smallest absolute Gasteiger partial charge is 0.242 e. The normalized spacial score (nSPS) is 10.6. The van der Waals surface area contributed by atoms with Gasteiger partial charge >= 0.3 is 0 Å².